The van der Waals surface area contributed by atoms with E-state index in [4.69, 9.17) is 4.74 Å². The lowest BCUT2D eigenvalue weighted by Crippen LogP contribution is -2.49. The van der Waals surface area contributed by atoms with E-state index >= 15 is 0 Å². The number of carboxylic acids is 1. The number of aliphatic carboxylic acids is 1. The van der Waals surface area contributed by atoms with Crippen molar-refractivity contribution in [1.29, 1.82) is 0 Å². The van der Waals surface area contributed by atoms with Crippen LogP contribution in [0.25, 0.3) is 0 Å². The Morgan fingerprint density at radius 2 is 2.17 bits per heavy atom. The number of carboxylic acid groups (broad SMARTS) is 1. The average molecular weight is 249 g/mol. The van der Waals surface area contributed by atoms with Crippen molar-refractivity contribution < 1.29 is 19.4 Å². The molecule has 1 heterocycles. The Hall–Kier alpha value is -1.88. The van der Waals surface area contributed by atoms with Crippen molar-refractivity contribution in [1.82, 2.24) is 5.32 Å². The Morgan fingerprint density at radius 3 is 2.72 bits per heavy atom. The molecule has 2 rings (SSSR count). The molecule has 1 aromatic carbocycles. The summed E-state index contributed by atoms with van der Waals surface area (Å²) in [7, 11) is 1.51. The Morgan fingerprint density at radius 1 is 1.50 bits per heavy atom. The van der Waals surface area contributed by atoms with Crippen LogP contribution < -0.4 is 5.32 Å². The van der Waals surface area contributed by atoms with Gasteiger partial charge in [-0.3, -0.25) is 4.79 Å². The fourth-order valence-corrected chi connectivity index (χ4v) is 2.55. The Kier molecular flexibility index (Phi) is 3.34. The predicted octanol–water partition coefficient (Wildman–Crippen LogP) is 0.544. The summed E-state index contributed by atoms with van der Waals surface area (Å²) in [6.07, 6.45) is 0.127. The molecule has 1 aliphatic heterocycles. The summed E-state index contributed by atoms with van der Waals surface area (Å²) in [6, 6.07) is 8.21. The molecular formula is C13H15NO4. The second-order valence-corrected chi connectivity index (χ2v) is 4.47. The van der Waals surface area contributed by atoms with Crippen molar-refractivity contribution in [3.8, 4) is 0 Å². The summed E-state index contributed by atoms with van der Waals surface area (Å²) >= 11 is 0. The number of carbonyl (C=O) groups excluding carboxylic acids is 1. The van der Waals surface area contributed by atoms with Crippen LogP contribution >= 0.6 is 0 Å². The highest BCUT2D eigenvalue weighted by molar-refractivity contribution is 5.91. The SMILES string of the molecule is COCC1(c2ccccc2)CC(=O)NC1C(=O)O. The lowest BCUT2D eigenvalue weighted by atomic mass is 9.74. The fraction of sp³-hybridized carbons (Fsp3) is 0.385. The van der Waals surface area contributed by atoms with Crippen molar-refractivity contribution in [3.05, 3.63) is 35.9 Å². The van der Waals surface area contributed by atoms with Gasteiger partial charge in [-0.15, -0.1) is 0 Å². The number of nitrogens with one attached hydrogen (secondary N) is 1. The van der Waals surface area contributed by atoms with Gasteiger partial charge >= 0.3 is 5.97 Å². The molecule has 0 aliphatic carbocycles. The molecule has 1 aliphatic rings. The van der Waals surface area contributed by atoms with Gasteiger partial charge in [-0.25, -0.2) is 4.79 Å². The average Bonchev–Trinajstić information content (AvgIpc) is 2.69. The summed E-state index contributed by atoms with van der Waals surface area (Å²) in [5, 5.41) is 11.8. The molecule has 1 saturated heterocycles. The third-order valence-corrected chi connectivity index (χ3v) is 3.33. The molecule has 0 bridgehead atoms. The zero-order valence-corrected chi connectivity index (χ0v) is 10.1. The van der Waals surface area contributed by atoms with E-state index in [2.05, 4.69) is 5.32 Å². The number of amides is 1. The number of carbonyl (C=O) groups is 2. The highest BCUT2D eigenvalue weighted by atomic mass is 16.5. The van der Waals surface area contributed by atoms with Gasteiger partial charge in [0.2, 0.25) is 5.91 Å². The maximum atomic E-state index is 11.6. The van der Waals surface area contributed by atoms with E-state index in [1.54, 1.807) is 0 Å². The first-order valence-corrected chi connectivity index (χ1v) is 5.67. The van der Waals surface area contributed by atoms with Crippen molar-refractivity contribution in [2.45, 2.75) is 17.9 Å². The topological polar surface area (TPSA) is 75.6 Å². The monoisotopic (exact) mass is 249 g/mol. The minimum Gasteiger partial charge on any atom is -0.480 e. The van der Waals surface area contributed by atoms with Gasteiger partial charge in [-0.2, -0.15) is 0 Å². The standard InChI is InChI=1S/C13H15NO4/c1-18-8-13(9-5-3-2-4-6-9)7-10(15)14-11(13)12(16)17/h2-6,11H,7-8H2,1H3,(H,14,15)(H,16,17). The van der Waals surface area contributed by atoms with Crippen molar-refractivity contribution in [2.75, 3.05) is 13.7 Å². The molecule has 1 fully saturated rings. The third kappa shape index (κ3) is 1.97. The van der Waals surface area contributed by atoms with Crippen molar-refractivity contribution in [2.24, 2.45) is 0 Å². The lowest BCUT2D eigenvalue weighted by molar-refractivity contribution is -0.141. The van der Waals surface area contributed by atoms with Gasteiger partial charge in [0.15, 0.2) is 0 Å². The maximum Gasteiger partial charge on any atom is 0.327 e. The van der Waals surface area contributed by atoms with Crippen LogP contribution in [0.15, 0.2) is 30.3 Å². The van der Waals surface area contributed by atoms with Gasteiger partial charge in [0.1, 0.15) is 6.04 Å². The van der Waals surface area contributed by atoms with Crippen LogP contribution in [0.5, 0.6) is 0 Å². The van der Waals surface area contributed by atoms with Gasteiger partial charge < -0.3 is 15.2 Å². The summed E-state index contributed by atoms with van der Waals surface area (Å²) in [5.74, 6) is -1.30. The molecule has 5 nitrogen and oxygen atoms in total. The van der Waals surface area contributed by atoms with Gasteiger partial charge in [0.05, 0.1) is 12.0 Å². The van der Waals surface area contributed by atoms with E-state index in [0.717, 1.165) is 5.56 Å². The minimum absolute atomic E-state index is 0.127. The van der Waals surface area contributed by atoms with Gasteiger partial charge in [0.25, 0.3) is 0 Å². The number of methoxy groups -OCH3 is 1. The highest BCUT2D eigenvalue weighted by Gasteiger charge is 2.52. The minimum atomic E-state index is -1.04. The molecule has 96 valence electrons. The molecule has 18 heavy (non-hydrogen) atoms. The number of rotatable bonds is 4. The molecule has 2 unspecified atom stereocenters. The maximum absolute atomic E-state index is 11.6. The van der Waals surface area contributed by atoms with Crippen LogP contribution in [0.1, 0.15) is 12.0 Å². The Labute approximate surface area is 105 Å². The number of hydrogen-bond acceptors (Lipinski definition) is 3. The molecule has 2 atom stereocenters. The van der Waals surface area contributed by atoms with Crippen LogP contribution in [-0.4, -0.2) is 36.7 Å². The number of hydrogen-bond donors (Lipinski definition) is 2. The normalized spacial score (nSPS) is 26.9. The Bertz CT molecular complexity index is 459. The number of ether oxygens (including phenoxy) is 1. The van der Waals surface area contributed by atoms with E-state index < -0.39 is 17.4 Å². The van der Waals surface area contributed by atoms with Gasteiger partial charge in [-0.1, -0.05) is 30.3 Å². The van der Waals surface area contributed by atoms with E-state index in [1.807, 2.05) is 30.3 Å². The predicted molar refractivity (Wildman–Crippen MR) is 64.2 cm³/mol. The first-order valence-electron chi connectivity index (χ1n) is 5.67. The smallest absolute Gasteiger partial charge is 0.327 e. The van der Waals surface area contributed by atoms with Crippen LogP contribution in [-0.2, 0) is 19.7 Å². The lowest BCUT2D eigenvalue weighted by Gasteiger charge is -2.31. The van der Waals surface area contributed by atoms with Crippen molar-refractivity contribution in [3.63, 3.8) is 0 Å². The largest absolute Gasteiger partial charge is 0.480 e. The van der Waals surface area contributed by atoms with Crippen LogP contribution in [0.4, 0.5) is 0 Å². The zero-order chi connectivity index (χ0) is 13.2. The molecule has 0 spiro atoms. The van der Waals surface area contributed by atoms with Crippen LogP contribution in [0, 0.1) is 0 Å². The second kappa shape index (κ2) is 4.78. The summed E-state index contributed by atoms with van der Waals surface area (Å²) in [4.78, 5) is 22.9. The van der Waals surface area contributed by atoms with Crippen LogP contribution in [0.3, 0.4) is 0 Å². The van der Waals surface area contributed by atoms with E-state index in [0.29, 0.717) is 0 Å². The molecule has 2 N–H and O–H groups in total. The summed E-state index contributed by atoms with van der Waals surface area (Å²) < 4.78 is 5.16. The molecule has 0 radical (unpaired) electrons. The first-order chi connectivity index (χ1) is 8.60. The van der Waals surface area contributed by atoms with E-state index in [9.17, 15) is 14.7 Å². The molecular weight excluding hydrogens is 234 g/mol. The molecule has 5 heteroatoms. The quantitative estimate of drug-likeness (QED) is 0.816. The summed E-state index contributed by atoms with van der Waals surface area (Å²) in [5.41, 5.74) is -0.0311. The molecule has 1 aromatic rings. The Balaban J connectivity index is 2.49. The third-order valence-electron chi connectivity index (χ3n) is 3.33. The van der Waals surface area contributed by atoms with Gasteiger partial charge in [0, 0.05) is 13.5 Å². The van der Waals surface area contributed by atoms with Gasteiger partial charge in [-0.05, 0) is 5.56 Å². The fourth-order valence-electron chi connectivity index (χ4n) is 2.55. The first kappa shape index (κ1) is 12.6. The second-order valence-electron chi connectivity index (χ2n) is 4.47. The molecule has 0 saturated carbocycles. The van der Waals surface area contributed by atoms with Crippen molar-refractivity contribution >= 4 is 11.9 Å². The highest BCUT2D eigenvalue weighted by Crippen LogP contribution is 2.36. The molecule has 0 aromatic heterocycles. The van der Waals surface area contributed by atoms with E-state index in [-0.39, 0.29) is 18.9 Å². The molecule has 1 amide bonds. The van der Waals surface area contributed by atoms with Crippen LogP contribution in [0.2, 0.25) is 0 Å². The zero-order valence-electron chi connectivity index (χ0n) is 10.1. The number of benzene rings is 1. The summed E-state index contributed by atoms with van der Waals surface area (Å²) in [6.45, 7) is 0.187. The van der Waals surface area contributed by atoms with E-state index in [1.165, 1.54) is 7.11 Å².